The third-order valence-corrected chi connectivity index (χ3v) is 8.36. The Balaban J connectivity index is 1.75. The zero-order chi connectivity index (χ0) is 26.4. The molecule has 2 atom stereocenters. The van der Waals surface area contributed by atoms with Gasteiger partial charge in [-0.3, -0.25) is 9.36 Å². The molecule has 3 heterocycles. The van der Waals surface area contributed by atoms with Gasteiger partial charge in [0.05, 0.1) is 23.2 Å². The van der Waals surface area contributed by atoms with Crippen LogP contribution in [0.15, 0.2) is 46.6 Å². The fourth-order valence-corrected chi connectivity index (χ4v) is 6.81. The molecule has 1 saturated heterocycles. The van der Waals surface area contributed by atoms with Crippen molar-refractivity contribution in [2.45, 2.75) is 23.9 Å². The number of carbonyl (C=O) groups is 1. The van der Waals surface area contributed by atoms with Gasteiger partial charge in [-0.2, -0.15) is 4.98 Å². The molecule has 7 nitrogen and oxygen atoms in total. The maximum atomic E-state index is 14.9. The van der Waals surface area contributed by atoms with Crippen LogP contribution in [0, 0.1) is 11.6 Å². The third-order valence-electron chi connectivity index (χ3n) is 6.83. The first-order valence-corrected chi connectivity index (χ1v) is 13.1. The molecular formula is C26H25ClF2N4O3S. The lowest BCUT2D eigenvalue weighted by Gasteiger charge is -2.41. The van der Waals surface area contributed by atoms with Crippen LogP contribution in [0.25, 0.3) is 22.0 Å². The molecule has 0 N–H and O–H groups in total. The zero-order valence-corrected chi connectivity index (χ0v) is 21.9. The predicted molar refractivity (Wildman–Crippen MR) is 142 cm³/mol. The molecule has 0 saturated carbocycles. The maximum absolute atomic E-state index is 14.9. The Bertz CT molecular complexity index is 1480. The smallest absolute Gasteiger partial charge is 0.350 e. The lowest BCUT2D eigenvalue weighted by molar-refractivity contribution is -0.126. The third kappa shape index (κ3) is 4.41. The van der Waals surface area contributed by atoms with E-state index in [1.807, 2.05) is 11.8 Å². The van der Waals surface area contributed by atoms with Crippen molar-refractivity contribution < 1.29 is 18.3 Å². The first kappa shape index (κ1) is 25.7. The Morgan fingerprint density at radius 1 is 1.32 bits per heavy atom. The molecule has 1 amide bonds. The van der Waals surface area contributed by atoms with Gasteiger partial charge in [-0.15, -0.1) is 11.8 Å². The van der Waals surface area contributed by atoms with E-state index in [9.17, 15) is 18.4 Å². The normalized spacial score (nSPS) is 19.4. The molecule has 0 radical (unpaired) electrons. The average molecular weight is 547 g/mol. The number of halogens is 3. The van der Waals surface area contributed by atoms with Crippen LogP contribution in [0.1, 0.15) is 13.0 Å². The number of anilines is 1. The van der Waals surface area contributed by atoms with Crippen LogP contribution in [0.4, 0.5) is 14.6 Å². The number of hydrogen-bond acceptors (Lipinski definition) is 6. The van der Waals surface area contributed by atoms with Gasteiger partial charge in [-0.25, -0.2) is 13.6 Å². The molecule has 1 fully saturated rings. The molecule has 0 spiro atoms. The quantitative estimate of drug-likeness (QED) is 0.439. The number of benzene rings is 2. The van der Waals surface area contributed by atoms with E-state index in [4.69, 9.17) is 16.3 Å². The number of piperazine rings is 1. The van der Waals surface area contributed by atoms with Crippen molar-refractivity contribution in [3.8, 4) is 11.1 Å². The predicted octanol–water partition coefficient (Wildman–Crippen LogP) is 4.51. The van der Waals surface area contributed by atoms with Gasteiger partial charge >= 0.3 is 5.69 Å². The number of thioether (sulfide) groups is 1. The number of hydrogen-bond donors (Lipinski definition) is 0. The van der Waals surface area contributed by atoms with Gasteiger partial charge in [0.15, 0.2) is 0 Å². The van der Waals surface area contributed by atoms with E-state index in [1.54, 1.807) is 22.6 Å². The fraction of sp³-hybridized carbons (Fsp3) is 0.346. The summed E-state index contributed by atoms with van der Waals surface area (Å²) in [4.78, 5) is 34.5. The zero-order valence-electron chi connectivity index (χ0n) is 20.3. The summed E-state index contributed by atoms with van der Waals surface area (Å²) >= 11 is 8.24. The Hall–Kier alpha value is -2.95. The van der Waals surface area contributed by atoms with E-state index >= 15 is 0 Å². The number of amides is 1. The molecule has 2 aliphatic heterocycles. The minimum atomic E-state index is -0.739. The summed E-state index contributed by atoms with van der Waals surface area (Å²) in [7, 11) is 1.57. The largest absolute Gasteiger partial charge is 0.383 e. The molecule has 3 aromatic rings. The monoisotopic (exact) mass is 546 g/mol. The van der Waals surface area contributed by atoms with E-state index in [0.29, 0.717) is 59.2 Å². The molecular weight excluding hydrogens is 522 g/mol. The lowest BCUT2D eigenvalue weighted by atomic mass is 10.0. The van der Waals surface area contributed by atoms with Crippen LogP contribution in [0.5, 0.6) is 0 Å². The number of nitrogens with zero attached hydrogens (tertiary/aromatic N) is 4. The minimum Gasteiger partial charge on any atom is -0.383 e. The standard InChI is InChI=1S/C26H25ClF2N4O3S/c1-4-21(34)31-7-8-32(14(2)11-31)25-18-10-19(27)22(17-6-5-15(28)9-20(17)29)24-23(18)33(26(35)30-25)16(12-36-3)13-37-24/h4-6,9-10,14,16H,1,7-8,11-13H2,2-3H3/t14-,16+/m0/s1. The van der Waals surface area contributed by atoms with Crippen molar-refractivity contribution in [2.75, 3.05) is 44.0 Å². The van der Waals surface area contributed by atoms with Crippen molar-refractivity contribution in [2.24, 2.45) is 0 Å². The first-order valence-electron chi connectivity index (χ1n) is 11.8. The summed E-state index contributed by atoms with van der Waals surface area (Å²) in [6, 6.07) is 4.64. The van der Waals surface area contributed by atoms with Gasteiger partial charge in [0.2, 0.25) is 5.91 Å². The Morgan fingerprint density at radius 3 is 2.78 bits per heavy atom. The summed E-state index contributed by atoms with van der Waals surface area (Å²) in [5.41, 5.74) is 0.708. The lowest BCUT2D eigenvalue weighted by Crippen LogP contribution is -2.54. The minimum absolute atomic E-state index is 0.134. The van der Waals surface area contributed by atoms with Crippen molar-refractivity contribution in [1.29, 1.82) is 0 Å². The molecule has 0 unspecified atom stereocenters. The van der Waals surface area contributed by atoms with E-state index in [1.165, 1.54) is 30.0 Å². The Kier molecular flexibility index (Phi) is 6.99. The summed E-state index contributed by atoms with van der Waals surface area (Å²) in [5, 5.41) is 0.918. The summed E-state index contributed by atoms with van der Waals surface area (Å²) in [6.07, 6.45) is 1.29. The molecule has 0 bridgehead atoms. The SMILES string of the molecule is C=CC(=O)N1CCN(c2nc(=O)n3c4c(c(-c5ccc(F)cc5F)c(Cl)cc24)SC[C@H]3COC)[C@@H](C)C1. The van der Waals surface area contributed by atoms with Gasteiger partial charge in [-0.05, 0) is 31.2 Å². The highest BCUT2D eigenvalue weighted by Gasteiger charge is 2.33. The summed E-state index contributed by atoms with van der Waals surface area (Å²) in [5.74, 6) is -0.624. The van der Waals surface area contributed by atoms with E-state index in [0.717, 1.165) is 6.07 Å². The molecule has 11 heteroatoms. The van der Waals surface area contributed by atoms with Crippen LogP contribution in [0.3, 0.4) is 0 Å². The summed E-state index contributed by atoms with van der Waals surface area (Å²) in [6.45, 7) is 7.17. The van der Waals surface area contributed by atoms with Gasteiger partial charge in [0.25, 0.3) is 0 Å². The van der Waals surface area contributed by atoms with Crippen LogP contribution < -0.4 is 10.6 Å². The van der Waals surface area contributed by atoms with Gasteiger partial charge in [0.1, 0.15) is 17.5 Å². The molecule has 0 aliphatic carbocycles. The van der Waals surface area contributed by atoms with Crippen LogP contribution in [0.2, 0.25) is 5.02 Å². The maximum Gasteiger partial charge on any atom is 0.350 e. The highest BCUT2D eigenvalue weighted by molar-refractivity contribution is 7.99. The van der Waals surface area contributed by atoms with E-state index in [2.05, 4.69) is 11.6 Å². The molecule has 37 heavy (non-hydrogen) atoms. The average Bonchev–Trinajstić information content (AvgIpc) is 2.87. The topological polar surface area (TPSA) is 67.7 Å². The molecule has 2 aliphatic rings. The number of rotatable bonds is 5. The highest BCUT2D eigenvalue weighted by atomic mass is 35.5. The number of carbonyl (C=O) groups excluding carboxylic acids is 1. The van der Waals surface area contributed by atoms with Gasteiger partial charge in [0, 0.05) is 66.0 Å². The Labute approximate surface area is 221 Å². The molecule has 1 aromatic heterocycles. The van der Waals surface area contributed by atoms with Crippen LogP contribution in [-0.2, 0) is 9.53 Å². The molecule has 5 rings (SSSR count). The second kappa shape index (κ2) is 10.1. The van der Waals surface area contributed by atoms with Crippen molar-refractivity contribution in [3.63, 3.8) is 0 Å². The Morgan fingerprint density at radius 2 is 2.11 bits per heavy atom. The van der Waals surface area contributed by atoms with Gasteiger partial charge in [-0.1, -0.05) is 18.2 Å². The fourth-order valence-electron chi connectivity index (χ4n) is 5.14. The second-order valence-corrected chi connectivity index (χ2v) is 10.6. The van der Waals surface area contributed by atoms with Crippen molar-refractivity contribution >= 4 is 46.0 Å². The second-order valence-electron chi connectivity index (χ2n) is 9.12. The number of aromatic nitrogens is 2. The molecule has 2 aromatic carbocycles. The van der Waals surface area contributed by atoms with Crippen molar-refractivity contribution in [1.82, 2.24) is 14.5 Å². The number of ether oxygens (including phenoxy) is 1. The summed E-state index contributed by atoms with van der Waals surface area (Å²) < 4.78 is 35.6. The highest BCUT2D eigenvalue weighted by Crippen LogP contribution is 2.48. The van der Waals surface area contributed by atoms with Gasteiger partial charge < -0.3 is 14.5 Å². The van der Waals surface area contributed by atoms with E-state index < -0.39 is 17.3 Å². The van der Waals surface area contributed by atoms with Crippen LogP contribution in [-0.4, -0.2) is 65.5 Å². The molecule has 194 valence electrons. The number of methoxy groups -OCH3 is 1. The first-order chi connectivity index (χ1) is 17.7. The van der Waals surface area contributed by atoms with Crippen LogP contribution >= 0.6 is 23.4 Å². The van der Waals surface area contributed by atoms with E-state index in [-0.39, 0.29) is 28.6 Å². The van der Waals surface area contributed by atoms with Crippen molar-refractivity contribution in [3.05, 3.63) is 64.1 Å².